The smallest absolute Gasteiger partial charge is 0.258 e. The minimum Gasteiger partial charge on any atom is -0.353 e. The van der Waals surface area contributed by atoms with Crippen LogP contribution in [-0.2, 0) is 20.9 Å². The Morgan fingerprint density at radius 3 is 2.52 bits per heavy atom. The summed E-state index contributed by atoms with van der Waals surface area (Å²) in [6, 6.07) is 9.90. The van der Waals surface area contributed by atoms with Gasteiger partial charge in [-0.2, -0.15) is 0 Å². The van der Waals surface area contributed by atoms with Gasteiger partial charge in [0.15, 0.2) is 0 Å². The molecule has 1 fully saturated rings. The minimum atomic E-state index is -0.379. The molecular formula is C22H30N4O3. The molecule has 7 heteroatoms. The van der Waals surface area contributed by atoms with Crippen LogP contribution in [0.5, 0.6) is 0 Å². The maximum Gasteiger partial charge on any atom is 0.258 e. The maximum atomic E-state index is 12.2. The van der Waals surface area contributed by atoms with E-state index >= 15 is 0 Å². The molecule has 0 aliphatic heterocycles. The van der Waals surface area contributed by atoms with E-state index in [4.69, 9.17) is 0 Å². The zero-order valence-corrected chi connectivity index (χ0v) is 17.1. The number of carbonyl (C=O) groups is 3. The van der Waals surface area contributed by atoms with Crippen LogP contribution in [0.1, 0.15) is 46.0 Å². The average Bonchev–Trinajstić information content (AvgIpc) is 3.11. The Morgan fingerprint density at radius 2 is 1.69 bits per heavy atom. The van der Waals surface area contributed by atoms with E-state index in [1.165, 1.54) is 6.42 Å². The Balaban J connectivity index is 1.37. The third kappa shape index (κ3) is 5.59. The summed E-state index contributed by atoms with van der Waals surface area (Å²) in [4.78, 5) is 36.2. The molecule has 0 spiro atoms. The lowest BCUT2D eigenvalue weighted by molar-refractivity contribution is -0.130. The Hall–Kier alpha value is -2.83. The van der Waals surface area contributed by atoms with E-state index in [0.717, 1.165) is 23.7 Å². The van der Waals surface area contributed by atoms with E-state index in [1.807, 2.05) is 41.1 Å². The van der Waals surface area contributed by atoms with E-state index in [9.17, 15) is 14.4 Å². The molecule has 3 rings (SSSR count). The lowest BCUT2D eigenvalue weighted by atomic mass is 9.78. The van der Waals surface area contributed by atoms with Gasteiger partial charge in [0.05, 0.1) is 0 Å². The zero-order valence-electron chi connectivity index (χ0n) is 17.1. The molecule has 1 aliphatic rings. The van der Waals surface area contributed by atoms with Crippen molar-refractivity contribution in [3.63, 3.8) is 0 Å². The highest BCUT2D eigenvalue weighted by Crippen LogP contribution is 2.29. The largest absolute Gasteiger partial charge is 0.353 e. The van der Waals surface area contributed by atoms with Crippen LogP contribution in [0, 0.1) is 11.8 Å². The number of rotatable bonds is 6. The molecular weight excluding hydrogens is 368 g/mol. The third-order valence-electron chi connectivity index (χ3n) is 5.97. The van der Waals surface area contributed by atoms with E-state index in [2.05, 4.69) is 30.0 Å². The summed E-state index contributed by atoms with van der Waals surface area (Å²) >= 11 is 0. The molecule has 3 N–H and O–H groups in total. The lowest BCUT2D eigenvalue weighted by Crippen LogP contribution is -2.45. The van der Waals surface area contributed by atoms with Gasteiger partial charge in [-0.05, 0) is 35.8 Å². The molecule has 29 heavy (non-hydrogen) atoms. The van der Waals surface area contributed by atoms with Crippen molar-refractivity contribution in [1.29, 1.82) is 0 Å². The molecule has 0 unspecified atom stereocenters. The monoisotopic (exact) mass is 398 g/mol. The number of nitrogens with one attached hydrogen (secondary N) is 3. The predicted octanol–water partition coefficient (Wildman–Crippen LogP) is 2.51. The van der Waals surface area contributed by atoms with Crippen molar-refractivity contribution in [2.45, 2.75) is 58.5 Å². The van der Waals surface area contributed by atoms with Gasteiger partial charge < -0.3 is 9.88 Å². The van der Waals surface area contributed by atoms with Crippen molar-refractivity contribution >= 4 is 28.6 Å². The Labute approximate surface area is 171 Å². The third-order valence-corrected chi connectivity index (χ3v) is 5.97. The van der Waals surface area contributed by atoms with E-state index in [0.29, 0.717) is 11.8 Å². The highest BCUT2D eigenvalue weighted by molar-refractivity contribution is 5.86. The van der Waals surface area contributed by atoms with Crippen molar-refractivity contribution in [2.75, 3.05) is 0 Å². The first-order valence-electron chi connectivity index (χ1n) is 10.3. The summed E-state index contributed by atoms with van der Waals surface area (Å²) in [5.74, 6) is 0.233. The molecule has 0 bridgehead atoms. The summed E-state index contributed by atoms with van der Waals surface area (Å²) in [5.41, 5.74) is 5.75. The molecule has 2 aromatic rings. The lowest BCUT2D eigenvalue weighted by Gasteiger charge is -2.34. The minimum absolute atomic E-state index is 0.0369. The van der Waals surface area contributed by atoms with Crippen LogP contribution in [0.4, 0.5) is 0 Å². The fourth-order valence-corrected chi connectivity index (χ4v) is 3.97. The van der Waals surface area contributed by atoms with E-state index < -0.39 is 0 Å². The first-order chi connectivity index (χ1) is 13.9. The number of para-hydroxylation sites is 1. The first-order valence-corrected chi connectivity index (χ1v) is 10.3. The number of aromatic nitrogens is 1. The van der Waals surface area contributed by atoms with Gasteiger partial charge in [-0.3, -0.25) is 25.2 Å². The van der Waals surface area contributed by atoms with Gasteiger partial charge in [0.2, 0.25) is 11.8 Å². The number of fused-ring (bicyclic) bond motifs is 1. The first kappa shape index (κ1) is 20.9. The molecule has 1 heterocycles. The standard InChI is InChI=1S/C22H30N4O3/c1-15-6-5-8-18(16(15)2)23-20(27)10-11-21(28)24-25-22(29)14-26-13-12-17-7-3-4-9-19(17)26/h3-4,7,9,12-13,15-16,18H,5-6,8,10-11,14H2,1-2H3,(H,23,27)(H,24,28)(H,25,29)/t15-,16+,18-/m1/s1. The SMILES string of the molecule is C[C@H]1[C@H](C)CCC[C@H]1NC(=O)CCC(=O)NNC(=O)Cn1ccc2ccccc21. The molecule has 3 amide bonds. The van der Waals surface area contributed by atoms with Crippen molar-refractivity contribution < 1.29 is 14.4 Å². The summed E-state index contributed by atoms with van der Waals surface area (Å²) in [7, 11) is 0. The van der Waals surface area contributed by atoms with Gasteiger partial charge in [0.25, 0.3) is 5.91 Å². The average molecular weight is 399 g/mol. The number of hydrogen-bond donors (Lipinski definition) is 3. The highest BCUT2D eigenvalue weighted by Gasteiger charge is 2.28. The topological polar surface area (TPSA) is 92.2 Å². The van der Waals surface area contributed by atoms with Crippen LogP contribution in [0.3, 0.4) is 0 Å². The highest BCUT2D eigenvalue weighted by atomic mass is 16.2. The van der Waals surface area contributed by atoms with Gasteiger partial charge in [-0.1, -0.05) is 44.9 Å². The predicted molar refractivity (Wildman–Crippen MR) is 112 cm³/mol. The van der Waals surface area contributed by atoms with Crippen molar-refractivity contribution in [1.82, 2.24) is 20.7 Å². The molecule has 7 nitrogen and oxygen atoms in total. The van der Waals surface area contributed by atoms with Crippen LogP contribution in [0.2, 0.25) is 0 Å². The number of nitrogens with zero attached hydrogens (tertiary/aromatic N) is 1. The molecule has 156 valence electrons. The number of hydrazine groups is 1. The molecule has 1 aliphatic carbocycles. The molecule has 3 atom stereocenters. The normalized spacial score (nSPS) is 21.5. The Morgan fingerprint density at radius 1 is 0.966 bits per heavy atom. The van der Waals surface area contributed by atoms with Gasteiger partial charge >= 0.3 is 0 Å². The van der Waals surface area contributed by atoms with Gasteiger partial charge in [0.1, 0.15) is 6.54 Å². The molecule has 0 radical (unpaired) electrons. The van der Waals surface area contributed by atoms with Gasteiger partial charge in [-0.25, -0.2) is 0 Å². The fourth-order valence-electron chi connectivity index (χ4n) is 3.97. The van der Waals surface area contributed by atoms with Gasteiger partial charge in [0, 0.05) is 30.6 Å². The Bertz CT molecular complexity index is 876. The fraction of sp³-hybridized carbons (Fsp3) is 0.500. The van der Waals surface area contributed by atoms with Gasteiger partial charge in [-0.15, -0.1) is 0 Å². The summed E-state index contributed by atoms with van der Waals surface area (Å²) < 4.78 is 1.82. The molecule has 1 saturated carbocycles. The van der Waals surface area contributed by atoms with Crippen LogP contribution >= 0.6 is 0 Å². The second kappa shape index (κ2) is 9.58. The van der Waals surface area contributed by atoms with E-state index in [1.54, 1.807) is 0 Å². The second-order valence-electron chi connectivity index (χ2n) is 8.04. The van der Waals surface area contributed by atoms with Crippen LogP contribution in [0.15, 0.2) is 36.5 Å². The molecule has 0 saturated heterocycles. The molecule has 1 aromatic heterocycles. The number of amides is 3. The maximum absolute atomic E-state index is 12.2. The van der Waals surface area contributed by atoms with Crippen molar-refractivity contribution in [3.8, 4) is 0 Å². The zero-order chi connectivity index (χ0) is 20.8. The van der Waals surface area contributed by atoms with E-state index in [-0.39, 0.29) is 43.1 Å². The van der Waals surface area contributed by atoms with Crippen LogP contribution < -0.4 is 16.2 Å². The number of carbonyl (C=O) groups excluding carboxylic acids is 3. The summed E-state index contributed by atoms with van der Waals surface area (Å²) in [6.07, 6.45) is 5.31. The number of hydrogen-bond acceptors (Lipinski definition) is 3. The molecule has 1 aromatic carbocycles. The second-order valence-corrected chi connectivity index (χ2v) is 8.04. The van der Waals surface area contributed by atoms with Crippen molar-refractivity contribution in [3.05, 3.63) is 36.5 Å². The Kier molecular flexibility index (Phi) is 6.90. The summed E-state index contributed by atoms with van der Waals surface area (Å²) in [5, 5.41) is 4.11. The van der Waals surface area contributed by atoms with Crippen molar-refractivity contribution in [2.24, 2.45) is 11.8 Å². The number of benzene rings is 1. The summed E-state index contributed by atoms with van der Waals surface area (Å²) in [6.45, 7) is 4.49. The van der Waals surface area contributed by atoms with Crippen LogP contribution in [-0.4, -0.2) is 28.3 Å². The van der Waals surface area contributed by atoms with Crippen LogP contribution in [0.25, 0.3) is 10.9 Å². The quantitative estimate of drug-likeness (QED) is 0.653.